The summed E-state index contributed by atoms with van der Waals surface area (Å²) in [7, 11) is 1.31. The Morgan fingerprint density at radius 1 is 1.21 bits per heavy atom. The highest BCUT2D eigenvalue weighted by Gasteiger charge is 2.11. The van der Waals surface area contributed by atoms with Gasteiger partial charge in [-0.25, -0.2) is 14.2 Å². The van der Waals surface area contributed by atoms with Crippen molar-refractivity contribution >= 4 is 5.97 Å². The Bertz CT molecular complexity index is 986. The molecule has 3 aromatic rings. The minimum Gasteiger partial charge on any atom is -0.465 e. The van der Waals surface area contributed by atoms with E-state index < -0.39 is 5.97 Å². The third-order valence-electron chi connectivity index (χ3n) is 4.50. The Hall–Kier alpha value is -3.10. The molecule has 1 aromatic carbocycles. The first-order valence-corrected chi connectivity index (χ1v) is 9.15. The lowest BCUT2D eigenvalue weighted by Crippen LogP contribution is -2.19. The number of carbonyl (C=O) groups is 1. The maximum atomic E-state index is 13.1. The summed E-state index contributed by atoms with van der Waals surface area (Å²) in [6.45, 7) is 3.16. The van der Waals surface area contributed by atoms with Gasteiger partial charge >= 0.3 is 5.97 Å². The molecule has 0 radical (unpaired) electrons. The van der Waals surface area contributed by atoms with Crippen LogP contribution in [0.3, 0.4) is 0 Å². The molecule has 0 aliphatic rings. The summed E-state index contributed by atoms with van der Waals surface area (Å²) in [6, 6.07) is 9.54. The summed E-state index contributed by atoms with van der Waals surface area (Å²) in [6.07, 6.45) is 1.79. The van der Waals surface area contributed by atoms with Crippen molar-refractivity contribution in [1.29, 1.82) is 0 Å². The Kier molecular flexibility index (Phi) is 6.69. The van der Waals surface area contributed by atoms with Gasteiger partial charge in [0.2, 0.25) is 0 Å². The standard InChI is InChI=1S/C21H23FN4O3/c1-14-9-24-20(26(14)12-15-3-5-17(22)6-4-15)11-23-10-18-7-16(21(28)29-2)8-19(13-27)25-18/h3-9,23,27H,10-13H2,1-2H3. The molecule has 3 rings (SSSR count). The van der Waals surface area contributed by atoms with Gasteiger partial charge in [0.15, 0.2) is 0 Å². The van der Waals surface area contributed by atoms with Gasteiger partial charge in [0.05, 0.1) is 37.2 Å². The van der Waals surface area contributed by atoms with E-state index in [-0.39, 0.29) is 12.4 Å². The van der Waals surface area contributed by atoms with Gasteiger partial charge in [-0.2, -0.15) is 0 Å². The number of carbonyl (C=O) groups excluding carboxylic acids is 1. The average molecular weight is 398 g/mol. The number of esters is 1. The van der Waals surface area contributed by atoms with Crippen LogP contribution in [0.2, 0.25) is 0 Å². The molecule has 0 aliphatic heterocycles. The SMILES string of the molecule is COC(=O)c1cc(CO)nc(CNCc2ncc(C)n2Cc2ccc(F)cc2)c1. The molecule has 0 amide bonds. The topological polar surface area (TPSA) is 89.3 Å². The number of rotatable bonds is 8. The van der Waals surface area contributed by atoms with E-state index in [4.69, 9.17) is 4.74 Å². The Balaban J connectivity index is 1.68. The molecule has 0 atom stereocenters. The number of aromatic nitrogens is 3. The lowest BCUT2D eigenvalue weighted by Gasteiger charge is -2.12. The number of aliphatic hydroxyl groups excluding tert-OH is 1. The zero-order valence-electron chi connectivity index (χ0n) is 16.4. The van der Waals surface area contributed by atoms with Crippen molar-refractivity contribution in [2.24, 2.45) is 0 Å². The largest absolute Gasteiger partial charge is 0.465 e. The van der Waals surface area contributed by atoms with Gasteiger partial charge < -0.3 is 19.7 Å². The molecule has 2 heterocycles. The average Bonchev–Trinajstić information content (AvgIpc) is 3.08. The molecular weight excluding hydrogens is 375 g/mol. The van der Waals surface area contributed by atoms with E-state index in [0.29, 0.717) is 36.6 Å². The Morgan fingerprint density at radius 2 is 1.93 bits per heavy atom. The number of aryl methyl sites for hydroxylation is 1. The van der Waals surface area contributed by atoms with Crippen LogP contribution in [0.15, 0.2) is 42.6 Å². The number of nitrogens with one attached hydrogen (secondary N) is 1. The molecule has 2 N–H and O–H groups in total. The first-order valence-electron chi connectivity index (χ1n) is 9.15. The van der Waals surface area contributed by atoms with Crippen molar-refractivity contribution in [3.8, 4) is 0 Å². The number of ether oxygens (including phenoxy) is 1. The lowest BCUT2D eigenvalue weighted by atomic mass is 10.2. The maximum absolute atomic E-state index is 13.1. The van der Waals surface area contributed by atoms with Crippen LogP contribution < -0.4 is 5.32 Å². The Morgan fingerprint density at radius 3 is 2.62 bits per heavy atom. The summed E-state index contributed by atoms with van der Waals surface area (Å²) >= 11 is 0. The second-order valence-corrected chi connectivity index (χ2v) is 6.62. The van der Waals surface area contributed by atoms with Crippen molar-refractivity contribution in [3.63, 3.8) is 0 Å². The molecule has 8 heteroatoms. The summed E-state index contributed by atoms with van der Waals surface area (Å²) in [5.74, 6) is 0.0917. The van der Waals surface area contributed by atoms with Crippen molar-refractivity contribution in [2.75, 3.05) is 7.11 Å². The summed E-state index contributed by atoms with van der Waals surface area (Å²) < 4.78 is 19.9. The van der Waals surface area contributed by atoms with E-state index in [1.165, 1.54) is 25.3 Å². The van der Waals surface area contributed by atoms with Gasteiger partial charge in [0.25, 0.3) is 0 Å². The van der Waals surface area contributed by atoms with Gasteiger partial charge in [-0.3, -0.25) is 4.98 Å². The fourth-order valence-electron chi connectivity index (χ4n) is 3.00. The van der Waals surface area contributed by atoms with Crippen LogP contribution >= 0.6 is 0 Å². The fraction of sp³-hybridized carbons (Fsp3) is 0.286. The minimum absolute atomic E-state index is 0.262. The number of pyridine rings is 1. The second-order valence-electron chi connectivity index (χ2n) is 6.62. The summed E-state index contributed by atoms with van der Waals surface area (Å²) in [4.78, 5) is 20.5. The van der Waals surface area contributed by atoms with Crippen molar-refractivity contribution < 1.29 is 19.0 Å². The zero-order valence-corrected chi connectivity index (χ0v) is 16.4. The van der Waals surface area contributed by atoms with E-state index in [0.717, 1.165) is 17.1 Å². The molecule has 7 nitrogen and oxygen atoms in total. The zero-order chi connectivity index (χ0) is 20.8. The number of hydrogen-bond donors (Lipinski definition) is 2. The predicted octanol–water partition coefficient (Wildman–Crippen LogP) is 2.34. The van der Waals surface area contributed by atoms with Crippen LogP contribution in [0.1, 0.15) is 38.8 Å². The first-order chi connectivity index (χ1) is 14.0. The highest BCUT2D eigenvalue weighted by atomic mass is 19.1. The van der Waals surface area contributed by atoms with Crippen molar-refractivity contribution in [1.82, 2.24) is 19.9 Å². The van der Waals surface area contributed by atoms with Gasteiger partial charge in [-0.05, 0) is 36.8 Å². The normalized spacial score (nSPS) is 10.9. The molecular formula is C21H23FN4O3. The van der Waals surface area contributed by atoms with Crippen LogP contribution in [0.4, 0.5) is 4.39 Å². The minimum atomic E-state index is -0.478. The van der Waals surface area contributed by atoms with Crippen LogP contribution in [0, 0.1) is 12.7 Å². The van der Waals surface area contributed by atoms with Crippen molar-refractivity contribution in [2.45, 2.75) is 33.2 Å². The van der Waals surface area contributed by atoms with E-state index in [2.05, 4.69) is 19.9 Å². The molecule has 0 spiro atoms. The third-order valence-corrected chi connectivity index (χ3v) is 4.50. The number of methoxy groups -OCH3 is 1. The molecule has 0 saturated heterocycles. The monoisotopic (exact) mass is 398 g/mol. The van der Waals surface area contributed by atoms with Gasteiger partial charge in [-0.15, -0.1) is 0 Å². The molecule has 0 bridgehead atoms. The van der Waals surface area contributed by atoms with E-state index in [1.54, 1.807) is 24.4 Å². The number of imidazole rings is 1. The molecule has 152 valence electrons. The first kappa shape index (κ1) is 20.6. The highest BCUT2D eigenvalue weighted by molar-refractivity contribution is 5.89. The van der Waals surface area contributed by atoms with Crippen LogP contribution in [0.5, 0.6) is 0 Å². The smallest absolute Gasteiger partial charge is 0.337 e. The predicted molar refractivity (Wildman–Crippen MR) is 105 cm³/mol. The van der Waals surface area contributed by atoms with Gasteiger partial charge in [0, 0.05) is 25.0 Å². The van der Waals surface area contributed by atoms with E-state index >= 15 is 0 Å². The van der Waals surface area contributed by atoms with Gasteiger partial charge in [-0.1, -0.05) is 12.1 Å². The highest BCUT2D eigenvalue weighted by Crippen LogP contribution is 2.12. The molecule has 0 unspecified atom stereocenters. The Labute approximate surface area is 168 Å². The maximum Gasteiger partial charge on any atom is 0.337 e. The fourth-order valence-corrected chi connectivity index (χ4v) is 3.00. The van der Waals surface area contributed by atoms with E-state index in [9.17, 15) is 14.3 Å². The van der Waals surface area contributed by atoms with E-state index in [1.807, 2.05) is 6.92 Å². The molecule has 2 aromatic heterocycles. The number of aliphatic hydroxyl groups is 1. The molecule has 29 heavy (non-hydrogen) atoms. The summed E-state index contributed by atoms with van der Waals surface area (Å²) in [5.41, 5.74) is 3.34. The number of nitrogens with zero attached hydrogens (tertiary/aromatic N) is 3. The van der Waals surface area contributed by atoms with Crippen LogP contribution in [-0.4, -0.2) is 32.7 Å². The molecule has 0 fully saturated rings. The number of benzene rings is 1. The second kappa shape index (κ2) is 9.40. The van der Waals surface area contributed by atoms with Crippen LogP contribution in [0.25, 0.3) is 0 Å². The number of hydrogen-bond acceptors (Lipinski definition) is 6. The lowest BCUT2D eigenvalue weighted by molar-refractivity contribution is 0.0600. The quantitative estimate of drug-likeness (QED) is 0.566. The van der Waals surface area contributed by atoms with Gasteiger partial charge in [0.1, 0.15) is 11.6 Å². The number of halogens is 1. The third kappa shape index (κ3) is 5.24. The van der Waals surface area contributed by atoms with Crippen molar-refractivity contribution in [3.05, 3.63) is 82.4 Å². The summed E-state index contributed by atoms with van der Waals surface area (Å²) in [5, 5.41) is 12.6. The van der Waals surface area contributed by atoms with Crippen LogP contribution in [-0.2, 0) is 31.0 Å². The molecule has 0 aliphatic carbocycles. The molecule has 0 saturated carbocycles.